The fraction of sp³-hybridized carbons (Fsp3) is 0.917. The summed E-state index contributed by atoms with van der Waals surface area (Å²) in [6, 6.07) is 0. The van der Waals surface area contributed by atoms with Crippen molar-refractivity contribution in [2.45, 2.75) is 124 Å². The van der Waals surface area contributed by atoms with Gasteiger partial charge in [0.1, 0.15) is 0 Å². The zero-order chi connectivity index (χ0) is 20.1. The molecule has 1 rings (SSSR count). The lowest BCUT2D eigenvalue weighted by Gasteiger charge is -2.39. The molecule has 0 aliphatic carbocycles. The molecule has 27 heavy (non-hydrogen) atoms. The molecular formula is C24H46N2O. The van der Waals surface area contributed by atoms with Gasteiger partial charge in [-0.25, -0.2) is 0 Å². The van der Waals surface area contributed by atoms with Crippen LogP contribution in [0, 0.1) is 11.8 Å². The predicted molar refractivity (Wildman–Crippen MR) is 118 cm³/mol. The number of rotatable bonds is 15. The standard InChI is InChI=1S/C24H46N2O/c1-6-8-9-14-18-24(4,5)26-20-25-19-22(23(26)27)17-13-11-10-12-16-21(3)15-7-2/h20-22H,6-19H2,1-5H3. The highest BCUT2D eigenvalue weighted by Crippen LogP contribution is 2.27. The van der Waals surface area contributed by atoms with Gasteiger partial charge >= 0.3 is 0 Å². The number of hydrogen-bond donors (Lipinski definition) is 0. The van der Waals surface area contributed by atoms with Crippen molar-refractivity contribution in [2.75, 3.05) is 6.54 Å². The highest BCUT2D eigenvalue weighted by atomic mass is 16.2. The first-order valence-electron chi connectivity index (χ1n) is 11.8. The number of carbonyl (C=O) groups is 1. The second-order valence-corrected chi connectivity index (χ2v) is 9.39. The third kappa shape index (κ3) is 9.25. The summed E-state index contributed by atoms with van der Waals surface area (Å²) in [7, 11) is 0. The molecule has 0 saturated heterocycles. The molecule has 2 unspecified atom stereocenters. The van der Waals surface area contributed by atoms with E-state index in [9.17, 15) is 4.79 Å². The molecule has 0 radical (unpaired) electrons. The van der Waals surface area contributed by atoms with E-state index >= 15 is 0 Å². The van der Waals surface area contributed by atoms with Gasteiger partial charge in [0.15, 0.2) is 0 Å². The Morgan fingerprint density at radius 3 is 2.44 bits per heavy atom. The summed E-state index contributed by atoms with van der Waals surface area (Å²) in [6.45, 7) is 12.0. The Hall–Kier alpha value is -0.860. The first kappa shape index (κ1) is 24.2. The number of hydrogen-bond acceptors (Lipinski definition) is 2. The van der Waals surface area contributed by atoms with Crippen LogP contribution in [-0.2, 0) is 4.79 Å². The Balaban J connectivity index is 2.31. The van der Waals surface area contributed by atoms with Gasteiger partial charge in [0.05, 0.1) is 18.8 Å². The number of carbonyl (C=O) groups excluding carboxylic acids is 1. The van der Waals surface area contributed by atoms with E-state index in [0.717, 1.165) is 18.8 Å². The van der Waals surface area contributed by atoms with E-state index in [1.54, 1.807) is 0 Å². The van der Waals surface area contributed by atoms with E-state index in [1.807, 2.05) is 11.2 Å². The van der Waals surface area contributed by atoms with Gasteiger partial charge < -0.3 is 0 Å². The third-order valence-electron chi connectivity index (χ3n) is 6.18. The summed E-state index contributed by atoms with van der Waals surface area (Å²) in [5, 5.41) is 0. The minimum absolute atomic E-state index is 0.101. The zero-order valence-electron chi connectivity index (χ0n) is 18.9. The van der Waals surface area contributed by atoms with E-state index in [0.29, 0.717) is 12.5 Å². The molecule has 0 spiro atoms. The molecular weight excluding hydrogens is 332 g/mol. The van der Waals surface area contributed by atoms with Crippen molar-refractivity contribution in [1.29, 1.82) is 0 Å². The van der Waals surface area contributed by atoms with Crippen LogP contribution < -0.4 is 0 Å². The zero-order valence-corrected chi connectivity index (χ0v) is 18.9. The monoisotopic (exact) mass is 378 g/mol. The van der Waals surface area contributed by atoms with Crippen LogP contribution in [0.25, 0.3) is 0 Å². The number of amides is 1. The fourth-order valence-corrected chi connectivity index (χ4v) is 4.24. The molecule has 1 amide bonds. The summed E-state index contributed by atoms with van der Waals surface area (Å²) in [6.07, 6.45) is 18.0. The van der Waals surface area contributed by atoms with Gasteiger partial charge in [-0.1, -0.05) is 91.4 Å². The van der Waals surface area contributed by atoms with Crippen LogP contribution in [0.15, 0.2) is 4.99 Å². The smallest absolute Gasteiger partial charge is 0.233 e. The van der Waals surface area contributed by atoms with Crippen molar-refractivity contribution < 1.29 is 4.79 Å². The summed E-state index contributed by atoms with van der Waals surface area (Å²) in [4.78, 5) is 19.5. The largest absolute Gasteiger partial charge is 0.297 e. The molecule has 0 aromatic rings. The maximum atomic E-state index is 13.0. The highest BCUT2D eigenvalue weighted by Gasteiger charge is 2.35. The van der Waals surface area contributed by atoms with Crippen LogP contribution in [0.4, 0.5) is 0 Å². The topological polar surface area (TPSA) is 32.7 Å². The molecule has 3 heteroatoms. The van der Waals surface area contributed by atoms with Crippen molar-refractivity contribution in [3.8, 4) is 0 Å². The maximum absolute atomic E-state index is 13.0. The van der Waals surface area contributed by atoms with Gasteiger partial charge in [-0.15, -0.1) is 0 Å². The fourth-order valence-electron chi connectivity index (χ4n) is 4.24. The molecule has 158 valence electrons. The van der Waals surface area contributed by atoms with Crippen molar-refractivity contribution in [3.05, 3.63) is 0 Å². The molecule has 0 saturated carbocycles. The van der Waals surface area contributed by atoms with Crippen molar-refractivity contribution in [3.63, 3.8) is 0 Å². The predicted octanol–water partition coefficient (Wildman–Crippen LogP) is 7.00. The van der Waals surface area contributed by atoms with E-state index in [2.05, 4.69) is 39.6 Å². The number of unbranched alkanes of at least 4 members (excludes halogenated alkanes) is 6. The van der Waals surface area contributed by atoms with Crippen molar-refractivity contribution >= 4 is 12.2 Å². The summed E-state index contributed by atoms with van der Waals surface area (Å²) in [5.74, 6) is 1.28. The summed E-state index contributed by atoms with van der Waals surface area (Å²) < 4.78 is 0. The lowest BCUT2D eigenvalue weighted by molar-refractivity contribution is -0.136. The molecule has 0 aromatic carbocycles. The Kier molecular flexibility index (Phi) is 11.9. The Bertz CT molecular complexity index is 430. The summed E-state index contributed by atoms with van der Waals surface area (Å²) >= 11 is 0. The van der Waals surface area contributed by atoms with Crippen LogP contribution in [0.1, 0.15) is 118 Å². The second kappa shape index (κ2) is 13.3. The molecule has 2 atom stereocenters. The Morgan fingerprint density at radius 2 is 1.74 bits per heavy atom. The Labute approximate surface area is 169 Å². The van der Waals surface area contributed by atoms with Gasteiger partial charge in [0.25, 0.3) is 0 Å². The number of nitrogens with zero attached hydrogens (tertiary/aromatic N) is 2. The van der Waals surface area contributed by atoms with Crippen molar-refractivity contribution in [1.82, 2.24) is 4.90 Å². The van der Waals surface area contributed by atoms with E-state index in [1.165, 1.54) is 70.6 Å². The average molecular weight is 379 g/mol. The van der Waals surface area contributed by atoms with Gasteiger partial charge in [0.2, 0.25) is 5.91 Å². The van der Waals surface area contributed by atoms with Crippen LogP contribution in [0.3, 0.4) is 0 Å². The third-order valence-corrected chi connectivity index (χ3v) is 6.18. The van der Waals surface area contributed by atoms with Gasteiger partial charge in [-0.05, 0) is 32.6 Å². The molecule has 1 aliphatic rings. The number of aliphatic imine (C=N–C) groups is 1. The normalized spacial score (nSPS) is 18.9. The average Bonchev–Trinajstić information content (AvgIpc) is 2.63. The first-order chi connectivity index (χ1) is 12.9. The lowest BCUT2D eigenvalue weighted by atomic mass is 9.90. The van der Waals surface area contributed by atoms with Gasteiger partial charge in [-0.3, -0.25) is 14.7 Å². The van der Waals surface area contributed by atoms with E-state index in [-0.39, 0.29) is 11.5 Å². The SMILES string of the molecule is CCCCCCC(C)(C)N1C=NCC(CCCCCCC(C)CCC)C1=O. The molecule has 0 N–H and O–H groups in total. The minimum atomic E-state index is -0.109. The van der Waals surface area contributed by atoms with Crippen LogP contribution in [0.5, 0.6) is 0 Å². The van der Waals surface area contributed by atoms with Crippen LogP contribution in [0.2, 0.25) is 0 Å². The highest BCUT2D eigenvalue weighted by molar-refractivity contribution is 5.92. The van der Waals surface area contributed by atoms with Crippen molar-refractivity contribution in [2.24, 2.45) is 16.8 Å². The first-order valence-corrected chi connectivity index (χ1v) is 11.8. The van der Waals surface area contributed by atoms with Gasteiger partial charge in [-0.2, -0.15) is 0 Å². The second-order valence-electron chi connectivity index (χ2n) is 9.39. The van der Waals surface area contributed by atoms with Crippen LogP contribution >= 0.6 is 0 Å². The minimum Gasteiger partial charge on any atom is -0.297 e. The molecule has 1 aliphatic heterocycles. The maximum Gasteiger partial charge on any atom is 0.233 e. The molecule has 1 heterocycles. The summed E-state index contributed by atoms with van der Waals surface area (Å²) in [5.41, 5.74) is -0.109. The molecule has 0 fully saturated rings. The molecule has 0 bridgehead atoms. The quantitative estimate of drug-likeness (QED) is 0.282. The van der Waals surface area contributed by atoms with Gasteiger partial charge in [0, 0.05) is 5.54 Å². The molecule has 3 nitrogen and oxygen atoms in total. The van der Waals surface area contributed by atoms with E-state index in [4.69, 9.17) is 0 Å². The van der Waals surface area contributed by atoms with E-state index < -0.39 is 0 Å². The Morgan fingerprint density at radius 1 is 1.04 bits per heavy atom. The van der Waals surface area contributed by atoms with Crippen LogP contribution in [-0.4, -0.2) is 29.2 Å². The lowest BCUT2D eigenvalue weighted by Crippen LogP contribution is -2.51. The molecule has 0 aromatic heterocycles.